The molecule has 1 aliphatic heterocycles. The molecular formula is C19H23Cl2N3O4. The van der Waals surface area contributed by atoms with Crippen LogP contribution >= 0.6 is 23.2 Å². The van der Waals surface area contributed by atoms with E-state index in [1.165, 1.54) is 13.2 Å². The van der Waals surface area contributed by atoms with Crippen LogP contribution in [0.5, 0.6) is 0 Å². The first-order chi connectivity index (χ1) is 13.2. The van der Waals surface area contributed by atoms with Gasteiger partial charge in [-0.2, -0.15) is 0 Å². The predicted molar refractivity (Wildman–Crippen MR) is 109 cm³/mol. The van der Waals surface area contributed by atoms with Crippen molar-refractivity contribution >= 4 is 52.7 Å². The number of esters is 1. The lowest BCUT2D eigenvalue weighted by atomic mass is 9.95. The summed E-state index contributed by atoms with van der Waals surface area (Å²) in [5, 5.41) is 3.19. The minimum absolute atomic E-state index is 0.175. The van der Waals surface area contributed by atoms with Crippen molar-refractivity contribution in [1.82, 2.24) is 10.2 Å². The topological polar surface area (TPSA) is 102 Å². The molecule has 1 unspecified atom stereocenters. The van der Waals surface area contributed by atoms with E-state index in [9.17, 15) is 14.4 Å². The summed E-state index contributed by atoms with van der Waals surface area (Å²) in [5.74, 6) is -1.12. The molecule has 1 aromatic rings. The van der Waals surface area contributed by atoms with Crippen LogP contribution < -0.4 is 11.1 Å². The van der Waals surface area contributed by atoms with Crippen LogP contribution in [0, 0.1) is 5.92 Å². The molecule has 3 N–H and O–H groups in total. The van der Waals surface area contributed by atoms with Crippen LogP contribution in [-0.4, -0.2) is 48.9 Å². The van der Waals surface area contributed by atoms with E-state index in [-0.39, 0.29) is 22.8 Å². The monoisotopic (exact) mass is 427 g/mol. The van der Waals surface area contributed by atoms with Gasteiger partial charge in [0.1, 0.15) is 6.04 Å². The van der Waals surface area contributed by atoms with Crippen LogP contribution in [-0.2, 0) is 19.1 Å². The van der Waals surface area contributed by atoms with Gasteiger partial charge in [0.25, 0.3) is 0 Å². The molecule has 1 atom stereocenters. The van der Waals surface area contributed by atoms with Crippen molar-refractivity contribution < 1.29 is 19.1 Å². The van der Waals surface area contributed by atoms with Crippen molar-refractivity contribution in [2.24, 2.45) is 5.92 Å². The number of nitrogens with two attached hydrogens (primary N) is 1. The Hall–Kier alpha value is -2.25. The first-order valence-corrected chi connectivity index (χ1v) is 9.58. The van der Waals surface area contributed by atoms with E-state index in [0.29, 0.717) is 42.2 Å². The average molecular weight is 428 g/mol. The molecule has 7 nitrogen and oxygen atoms in total. The highest BCUT2D eigenvalue weighted by Gasteiger charge is 2.28. The Morgan fingerprint density at radius 1 is 1.25 bits per heavy atom. The quantitative estimate of drug-likeness (QED) is 0.426. The van der Waals surface area contributed by atoms with Gasteiger partial charge in [0.15, 0.2) is 0 Å². The van der Waals surface area contributed by atoms with Gasteiger partial charge in [0.2, 0.25) is 11.8 Å². The number of halogens is 2. The van der Waals surface area contributed by atoms with Gasteiger partial charge in [0.05, 0.1) is 22.8 Å². The van der Waals surface area contributed by atoms with Gasteiger partial charge in [-0.25, -0.2) is 4.79 Å². The number of benzene rings is 1. The highest BCUT2D eigenvalue weighted by Crippen LogP contribution is 2.31. The lowest BCUT2D eigenvalue weighted by molar-refractivity contribution is -0.145. The average Bonchev–Trinajstić information content (AvgIpc) is 2.70. The zero-order valence-corrected chi connectivity index (χ0v) is 17.2. The highest BCUT2D eigenvalue weighted by molar-refractivity contribution is 6.44. The van der Waals surface area contributed by atoms with Crippen molar-refractivity contribution in [1.29, 1.82) is 0 Å². The van der Waals surface area contributed by atoms with Crippen molar-refractivity contribution in [3.63, 3.8) is 0 Å². The summed E-state index contributed by atoms with van der Waals surface area (Å²) in [4.78, 5) is 37.7. The zero-order valence-electron chi connectivity index (χ0n) is 15.7. The summed E-state index contributed by atoms with van der Waals surface area (Å²) in [5.41, 5.74) is 6.65. The first kappa shape index (κ1) is 22.0. The lowest BCUT2D eigenvalue weighted by Crippen LogP contribution is -2.46. The van der Waals surface area contributed by atoms with Gasteiger partial charge in [-0.1, -0.05) is 29.3 Å². The van der Waals surface area contributed by atoms with E-state index in [2.05, 4.69) is 10.1 Å². The van der Waals surface area contributed by atoms with Crippen LogP contribution in [0.25, 0.3) is 6.08 Å². The number of amides is 2. The number of carbonyl (C=O) groups is 3. The van der Waals surface area contributed by atoms with Gasteiger partial charge in [-0.15, -0.1) is 0 Å². The van der Waals surface area contributed by atoms with Crippen LogP contribution in [0.4, 0.5) is 5.69 Å². The number of hydrogen-bond donors (Lipinski definition) is 2. The van der Waals surface area contributed by atoms with Crippen LogP contribution in [0.15, 0.2) is 18.2 Å². The number of anilines is 1. The number of nitrogens with zero attached hydrogens (tertiary/aromatic N) is 1. The van der Waals surface area contributed by atoms with Gasteiger partial charge in [0, 0.05) is 25.1 Å². The minimum atomic E-state index is -0.698. The summed E-state index contributed by atoms with van der Waals surface area (Å²) >= 11 is 12.1. The zero-order chi connectivity index (χ0) is 20.8. The number of carbonyl (C=O) groups excluding carboxylic acids is 3. The number of rotatable bonds is 5. The van der Waals surface area contributed by atoms with E-state index < -0.39 is 12.0 Å². The molecule has 1 aromatic carbocycles. The van der Waals surface area contributed by atoms with Crippen LogP contribution in [0.1, 0.15) is 25.3 Å². The van der Waals surface area contributed by atoms with Crippen LogP contribution in [0.2, 0.25) is 10.0 Å². The van der Waals surface area contributed by atoms with Gasteiger partial charge in [-0.05, 0) is 37.5 Å². The lowest BCUT2D eigenvalue weighted by Gasteiger charge is -2.31. The third-order valence-electron chi connectivity index (χ3n) is 4.64. The second kappa shape index (κ2) is 9.80. The molecule has 0 radical (unpaired) electrons. The highest BCUT2D eigenvalue weighted by atomic mass is 35.5. The molecule has 0 saturated carbocycles. The summed E-state index contributed by atoms with van der Waals surface area (Å²) in [7, 11) is 1.27. The predicted octanol–water partition coefficient (Wildman–Crippen LogP) is 2.51. The summed E-state index contributed by atoms with van der Waals surface area (Å²) in [6, 6.07) is 2.61. The summed E-state index contributed by atoms with van der Waals surface area (Å²) in [6.45, 7) is 2.47. The van der Waals surface area contributed by atoms with Gasteiger partial charge >= 0.3 is 5.97 Å². The van der Waals surface area contributed by atoms with Crippen molar-refractivity contribution in [2.75, 3.05) is 25.9 Å². The van der Waals surface area contributed by atoms with Crippen molar-refractivity contribution in [2.45, 2.75) is 25.8 Å². The molecule has 0 aliphatic carbocycles. The molecule has 9 heteroatoms. The standard InChI is InChI=1S/C19H23Cl2N3O4/c1-11(19(27)28-2)23-18(26)13-7-9-24(10-8-13)15(25)6-4-12-3-5-14(22)17(21)16(12)20/h3-6,11,13H,7-10,22H2,1-2H3,(H,23,26). The second-order valence-electron chi connectivity index (χ2n) is 6.56. The number of ether oxygens (including phenoxy) is 1. The molecular weight excluding hydrogens is 405 g/mol. The molecule has 2 amide bonds. The Bertz CT molecular complexity index is 790. The Labute approximate surface area is 173 Å². The molecule has 152 valence electrons. The molecule has 28 heavy (non-hydrogen) atoms. The summed E-state index contributed by atoms with van der Waals surface area (Å²) < 4.78 is 4.60. The van der Waals surface area contributed by atoms with E-state index in [1.807, 2.05) is 0 Å². The Balaban J connectivity index is 1.89. The van der Waals surface area contributed by atoms with E-state index in [4.69, 9.17) is 28.9 Å². The van der Waals surface area contributed by atoms with Crippen LogP contribution in [0.3, 0.4) is 0 Å². The Kier molecular flexibility index (Phi) is 7.71. The van der Waals surface area contributed by atoms with Crippen molar-refractivity contribution in [3.8, 4) is 0 Å². The van der Waals surface area contributed by atoms with E-state index >= 15 is 0 Å². The molecule has 1 saturated heterocycles. The number of piperidine rings is 1. The number of nitrogen functional groups attached to an aromatic ring is 1. The van der Waals surface area contributed by atoms with E-state index in [1.54, 1.807) is 30.0 Å². The number of likely N-dealkylation sites (tertiary alicyclic amines) is 1. The largest absolute Gasteiger partial charge is 0.467 e. The third-order valence-corrected chi connectivity index (χ3v) is 5.55. The fourth-order valence-electron chi connectivity index (χ4n) is 2.90. The van der Waals surface area contributed by atoms with E-state index in [0.717, 1.165) is 0 Å². The fraction of sp³-hybridized carbons (Fsp3) is 0.421. The second-order valence-corrected chi connectivity index (χ2v) is 7.31. The van der Waals surface area contributed by atoms with Crippen molar-refractivity contribution in [3.05, 3.63) is 33.8 Å². The SMILES string of the molecule is COC(=O)C(C)NC(=O)C1CCN(C(=O)C=Cc2ccc(N)c(Cl)c2Cl)CC1. The normalized spacial score (nSPS) is 16.1. The number of nitrogens with one attached hydrogen (secondary N) is 1. The molecule has 0 spiro atoms. The fourth-order valence-corrected chi connectivity index (χ4v) is 3.31. The molecule has 0 aromatic heterocycles. The summed E-state index contributed by atoms with van der Waals surface area (Å²) in [6.07, 6.45) is 4.06. The molecule has 1 fully saturated rings. The Morgan fingerprint density at radius 2 is 1.89 bits per heavy atom. The minimum Gasteiger partial charge on any atom is -0.467 e. The molecule has 2 rings (SSSR count). The number of hydrogen-bond acceptors (Lipinski definition) is 5. The third kappa shape index (κ3) is 5.39. The maximum absolute atomic E-state index is 12.4. The van der Waals surface area contributed by atoms with Gasteiger partial charge in [-0.3, -0.25) is 9.59 Å². The molecule has 0 bridgehead atoms. The molecule has 1 heterocycles. The maximum atomic E-state index is 12.4. The first-order valence-electron chi connectivity index (χ1n) is 8.83. The van der Waals surface area contributed by atoms with Gasteiger partial charge < -0.3 is 20.7 Å². The maximum Gasteiger partial charge on any atom is 0.328 e. The number of methoxy groups -OCH3 is 1. The smallest absolute Gasteiger partial charge is 0.328 e. The molecule has 1 aliphatic rings. The Morgan fingerprint density at radius 3 is 2.50 bits per heavy atom.